The summed E-state index contributed by atoms with van der Waals surface area (Å²) in [5.74, 6) is 0.379. The van der Waals surface area contributed by atoms with Crippen LogP contribution < -0.4 is 20.7 Å². The predicted octanol–water partition coefficient (Wildman–Crippen LogP) is 3.97. The first-order chi connectivity index (χ1) is 14.7. The Morgan fingerprint density at radius 3 is 2.23 bits per heavy atom. The van der Waals surface area contributed by atoms with Crippen molar-refractivity contribution in [2.75, 3.05) is 11.6 Å². The Labute approximate surface area is 181 Å². The number of ether oxygens (including phenoxy) is 1. The third-order valence-electron chi connectivity index (χ3n) is 3.69. The Morgan fingerprint density at radius 1 is 1.00 bits per heavy atom. The molecule has 2 rings (SSSR count). The number of carbonyl (C=O) groups is 2. The molecule has 3 N–H and O–H groups in total. The van der Waals surface area contributed by atoms with Crippen molar-refractivity contribution >= 4 is 27.6 Å². The van der Waals surface area contributed by atoms with Gasteiger partial charge in [-0.25, -0.2) is 18.0 Å². The molecule has 0 spiro atoms. The lowest BCUT2D eigenvalue weighted by Gasteiger charge is -2.11. The minimum absolute atomic E-state index is 0.151. The highest BCUT2D eigenvalue weighted by Crippen LogP contribution is 2.14. The molecule has 162 valence electrons. The van der Waals surface area contributed by atoms with Gasteiger partial charge in [-0.15, -0.1) is 0 Å². The predicted molar refractivity (Wildman–Crippen MR) is 119 cm³/mol. The van der Waals surface area contributed by atoms with E-state index in [1.165, 1.54) is 30.3 Å². The maximum Gasteiger partial charge on any atom is 0.417 e. The largest absolute Gasteiger partial charge is 0.417 e. The number of urea groups is 1. The van der Waals surface area contributed by atoms with Crippen LogP contribution in [0.1, 0.15) is 6.92 Å². The molecule has 0 aromatic heterocycles. The fourth-order valence-corrected chi connectivity index (χ4v) is 2.99. The molecule has 0 unspecified atom stereocenters. The summed E-state index contributed by atoms with van der Waals surface area (Å²) in [6, 6.07) is 13.7. The number of allylic oxidation sites excluding steroid dienone is 3. The zero-order chi connectivity index (χ0) is 22.9. The average Bonchev–Trinajstić information content (AvgIpc) is 2.68. The lowest BCUT2D eigenvalue weighted by Crippen LogP contribution is -2.29. The summed E-state index contributed by atoms with van der Waals surface area (Å²) in [6.45, 7) is 5.49. The molecular formula is C22H23N3O5S. The van der Waals surface area contributed by atoms with Gasteiger partial charge in [0.2, 0.25) is 0 Å². The van der Waals surface area contributed by atoms with E-state index in [4.69, 9.17) is 4.74 Å². The van der Waals surface area contributed by atoms with Crippen LogP contribution in [-0.2, 0) is 9.84 Å². The van der Waals surface area contributed by atoms with E-state index >= 15 is 0 Å². The van der Waals surface area contributed by atoms with Crippen LogP contribution in [0.25, 0.3) is 0 Å². The monoisotopic (exact) mass is 441 g/mol. The van der Waals surface area contributed by atoms with Crippen molar-refractivity contribution in [3.05, 3.63) is 90.8 Å². The topological polar surface area (TPSA) is 114 Å². The number of nitrogens with one attached hydrogen (secondary N) is 3. The SMILES string of the molecule is C=C(/C=C(\C=C/C)NC(=O)Nc1ccc(S(C)(=O)=O)cc1)NC(=O)Oc1ccccc1. The number of benzene rings is 2. The highest BCUT2D eigenvalue weighted by molar-refractivity contribution is 7.90. The van der Waals surface area contributed by atoms with Gasteiger partial charge >= 0.3 is 12.1 Å². The van der Waals surface area contributed by atoms with Crippen molar-refractivity contribution in [1.82, 2.24) is 10.6 Å². The van der Waals surface area contributed by atoms with Crippen LogP contribution in [0, 0.1) is 0 Å². The van der Waals surface area contributed by atoms with Gasteiger partial charge in [-0.3, -0.25) is 5.32 Å². The Balaban J connectivity index is 1.97. The van der Waals surface area contributed by atoms with Gasteiger partial charge in [0, 0.05) is 23.3 Å². The molecule has 0 saturated carbocycles. The Bertz CT molecular complexity index is 1110. The number of amides is 3. The third-order valence-corrected chi connectivity index (χ3v) is 4.82. The molecule has 0 saturated heterocycles. The molecule has 3 amide bonds. The van der Waals surface area contributed by atoms with E-state index < -0.39 is 22.0 Å². The van der Waals surface area contributed by atoms with Crippen molar-refractivity contribution in [2.24, 2.45) is 0 Å². The number of anilines is 1. The normalized spacial score (nSPS) is 11.6. The van der Waals surface area contributed by atoms with E-state index in [-0.39, 0.29) is 10.6 Å². The van der Waals surface area contributed by atoms with Gasteiger partial charge in [0.05, 0.1) is 4.90 Å². The third kappa shape index (κ3) is 8.19. The van der Waals surface area contributed by atoms with Crippen molar-refractivity contribution < 1.29 is 22.7 Å². The molecule has 31 heavy (non-hydrogen) atoms. The van der Waals surface area contributed by atoms with Gasteiger partial charge in [-0.1, -0.05) is 30.9 Å². The lowest BCUT2D eigenvalue weighted by molar-refractivity contribution is 0.204. The zero-order valence-corrected chi connectivity index (χ0v) is 17.9. The van der Waals surface area contributed by atoms with Gasteiger partial charge in [0.1, 0.15) is 5.75 Å². The molecule has 0 aliphatic rings. The molecule has 0 bridgehead atoms. The highest BCUT2D eigenvalue weighted by Gasteiger charge is 2.09. The van der Waals surface area contributed by atoms with Crippen LogP contribution in [0.4, 0.5) is 15.3 Å². The van der Waals surface area contributed by atoms with E-state index in [1.807, 2.05) is 0 Å². The van der Waals surface area contributed by atoms with Crippen LogP contribution in [0.2, 0.25) is 0 Å². The van der Waals surface area contributed by atoms with Gasteiger partial charge in [-0.2, -0.15) is 0 Å². The molecule has 8 nitrogen and oxygen atoms in total. The molecule has 0 radical (unpaired) electrons. The molecule has 0 aliphatic carbocycles. The van der Waals surface area contributed by atoms with E-state index in [9.17, 15) is 18.0 Å². The molecule has 2 aromatic rings. The molecule has 0 fully saturated rings. The van der Waals surface area contributed by atoms with Crippen LogP contribution in [0.3, 0.4) is 0 Å². The molecule has 2 aromatic carbocycles. The first-order valence-corrected chi connectivity index (χ1v) is 11.0. The van der Waals surface area contributed by atoms with E-state index in [2.05, 4.69) is 22.5 Å². The van der Waals surface area contributed by atoms with Crippen molar-refractivity contribution in [2.45, 2.75) is 11.8 Å². The molecule has 9 heteroatoms. The maximum absolute atomic E-state index is 12.3. The minimum atomic E-state index is -3.32. The van der Waals surface area contributed by atoms with Crippen molar-refractivity contribution in [1.29, 1.82) is 0 Å². The number of hydrogen-bond acceptors (Lipinski definition) is 5. The lowest BCUT2D eigenvalue weighted by atomic mass is 10.3. The Kier molecular flexibility index (Phi) is 8.16. The van der Waals surface area contributed by atoms with Crippen LogP contribution in [0.5, 0.6) is 5.75 Å². The Hall–Kier alpha value is -3.85. The van der Waals surface area contributed by atoms with E-state index in [1.54, 1.807) is 49.4 Å². The smallest absolute Gasteiger partial charge is 0.410 e. The summed E-state index contributed by atoms with van der Waals surface area (Å²) >= 11 is 0. The number of sulfone groups is 1. The summed E-state index contributed by atoms with van der Waals surface area (Å²) in [6.07, 6.45) is 5.15. The summed E-state index contributed by atoms with van der Waals surface area (Å²) in [5, 5.41) is 7.68. The first-order valence-electron chi connectivity index (χ1n) is 9.12. The summed E-state index contributed by atoms with van der Waals surface area (Å²) < 4.78 is 28.1. The summed E-state index contributed by atoms with van der Waals surface area (Å²) in [4.78, 5) is 24.4. The second-order valence-electron chi connectivity index (χ2n) is 6.33. The van der Waals surface area contributed by atoms with Gasteiger partial charge in [0.15, 0.2) is 9.84 Å². The molecule has 0 heterocycles. The van der Waals surface area contributed by atoms with E-state index in [0.29, 0.717) is 17.1 Å². The van der Waals surface area contributed by atoms with Crippen LogP contribution in [-0.4, -0.2) is 26.8 Å². The van der Waals surface area contributed by atoms with Gasteiger partial charge in [0.25, 0.3) is 0 Å². The van der Waals surface area contributed by atoms with Gasteiger partial charge in [-0.05, 0) is 55.5 Å². The quantitative estimate of drug-likeness (QED) is 0.563. The summed E-state index contributed by atoms with van der Waals surface area (Å²) in [7, 11) is -3.32. The second kappa shape index (κ2) is 10.8. The molecular weight excluding hydrogens is 418 g/mol. The van der Waals surface area contributed by atoms with Crippen molar-refractivity contribution in [3.8, 4) is 5.75 Å². The maximum atomic E-state index is 12.3. The standard InChI is InChI=1S/C22H23N3O5S/c1-4-8-18(15-16(2)23-22(27)30-19-9-6-5-7-10-19)25-21(26)24-17-11-13-20(14-12-17)31(3,28)29/h4-15H,2H2,1,3H3,(H,23,27)(H2,24,25,26)/b8-4-,18-15+. The highest BCUT2D eigenvalue weighted by atomic mass is 32.2. The second-order valence-corrected chi connectivity index (χ2v) is 8.34. The fraction of sp³-hybridized carbons (Fsp3) is 0.0909. The average molecular weight is 442 g/mol. The number of rotatable bonds is 7. The van der Waals surface area contributed by atoms with Crippen LogP contribution in [0.15, 0.2) is 95.7 Å². The first kappa shape index (κ1) is 23.4. The van der Waals surface area contributed by atoms with E-state index in [0.717, 1.165) is 6.26 Å². The molecule has 0 atom stereocenters. The Morgan fingerprint density at radius 2 is 1.65 bits per heavy atom. The number of carbonyl (C=O) groups excluding carboxylic acids is 2. The number of hydrogen-bond donors (Lipinski definition) is 3. The zero-order valence-electron chi connectivity index (χ0n) is 17.1. The fourth-order valence-electron chi connectivity index (χ4n) is 2.36. The van der Waals surface area contributed by atoms with Crippen LogP contribution >= 0.6 is 0 Å². The minimum Gasteiger partial charge on any atom is -0.410 e. The van der Waals surface area contributed by atoms with Crippen molar-refractivity contribution in [3.63, 3.8) is 0 Å². The van der Waals surface area contributed by atoms with Gasteiger partial charge < -0.3 is 15.4 Å². The number of para-hydroxylation sites is 1. The molecule has 0 aliphatic heterocycles. The summed E-state index contributed by atoms with van der Waals surface area (Å²) in [5.41, 5.74) is 0.970.